The molecule has 0 radical (unpaired) electrons. The van der Waals surface area contributed by atoms with Gasteiger partial charge in [0.2, 0.25) is 5.91 Å². The fourth-order valence-corrected chi connectivity index (χ4v) is 9.87. The van der Waals surface area contributed by atoms with Crippen LogP contribution >= 0.6 is 47.1 Å². The summed E-state index contributed by atoms with van der Waals surface area (Å²) in [7, 11) is 0. The van der Waals surface area contributed by atoms with Crippen LogP contribution in [0.2, 0.25) is 0 Å². The number of hydrogen-bond acceptors (Lipinski definition) is 10. The van der Waals surface area contributed by atoms with Crippen molar-refractivity contribution in [1.29, 1.82) is 0 Å². The minimum Gasteiger partial charge on any atom is -0.375 e. The summed E-state index contributed by atoms with van der Waals surface area (Å²) < 4.78 is 82.4. The average Bonchev–Trinajstić information content (AvgIpc) is 3.89. The Morgan fingerprint density at radius 3 is 1.48 bits per heavy atom. The molecule has 0 saturated carbocycles. The summed E-state index contributed by atoms with van der Waals surface area (Å²) in [5.74, 6) is -1.26. The molecular formula is C42H30F6N10O3S4. The molecule has 8 rings (SSSR count). The molecule has 0 spiro atoms. The molecule has 0 bridgehead atoms. The predicted octanol–water partition coefficient (Wildman–Crippen LogP) is 11.1. The Balaban J connectivity index is 0.000000195. The fraction of sp³-hybridized carbons (Fsp3) is 0.214. The zero-order valence-electron chi connectivity index (χ0n) is 34.2. The zero-order valence-corrected chi connectivity index (χ0v) is 37.5. The van der Waals surface area contributed by atoms with Crippen LogP contribution in [0.15, 0.2) is 72.8 Å². The second kappa shape index (κ2) is 16.3. The van der Waals surface area contributed by atoms with Crippen LogP contribution in [0.1, 0.15) is 45.7 Å². The van der Waals surface area contributed by atoms with Gasteiger partial charge in [-0.2, -0.15) is 26.3 Å². The maximum atomic E-state index is 13.5. The number of nitrogen functional groups attached to an aromatic ring is 1. The second-order valence-electron chi connectivity index (χ2n) is 15.3. The third kappa shape index (κ3) is 8.27. The molecule has 3 N–H and O–H groups in total. The van der Waals surface area contributed by atoms with Crippen LogP contribution in [0.4, 0.5) is 70.7 Å². The van der Waals surface area contributed by atoms with Crippen molar-refractivity contribution in [1.82, 2.24) is 9.97 Å². The number of nitrogens with one attached hydrogen (secondary N) is 1. The van der Waals surface area contributed by atoms with Gasteiger partial charge in [0.15, 0.2) is 31.9 Å². The number of thiazole rings is 2. The molecule has 2 aromatic heterocycles. The van der Waals surface area contributed by atoms with Crippen molar-refractivity contribution in [3.63, 3.8) is 0 Å². The van der Waals surface area contributed by atoms with Gasteiger partial charge in [0, 0.05) is 29.7 Å². The van der Waals surface area contributed by atoms with Gasteiger partial charge >= 0.3 is 12.4 Å². The molecule has 0 atom stereocenters. The molecule has 2 aliphatic heterocycles. The summed E-state index contributed by atoms with van der Waals surface area (Å²) in [6, 6.07) is 16.7. The number of halogens is 6. The number of thiocarbonyl (C=S) groups is 2. The molecule has 2 saturated heterocycles. The Morgan fingerprint density at radius 1 is 0.677 bits per heavy atom. The van der Waals surface area contributed by atoms with Crippen LogP contribution in [0.25, 0.3) is 30.1 Å². The van der Waals surface area contributed by atoms with Crippen molar-refractivity contribution in [2.45, 2.75) is 58.0 Å². The first-order valence-electron chi connectivity index (χ1n) is 18.7. The quantitative estimate of drug-likeness (QED) is 0.0976. The van der Waals surface area contributed by atoms with Gasteiger partial charge in [-0.1, -0.05) is 34.8 Å². The second-order valence-corrected chi connectivity index (χ2v) is 18.1. The maximum Gasteiger partial charge on any atom is 0.407 e. The van der Waals surface area contributed by atoms with E-state index >= 15 is 0 Å². The minimum absolute atomic E-state index is 0.00430. The number of amides is 3. The largest absolute Gasteiger partial charge is 0.407 e. The lowest BCUT2D eigenvalue weighted by atomic mass is 10.0. The Labute approximate surface area is 384 Å². The monoisotopic (exact) mass is 964 g/mol. The number of rotatable bonds is 5. The summed E-state index contributed by atoms with van der Waals surface area (Å²) in [6.07, 6.45) is -9.51. The molecule has 2 fully saturated rings. The number of hydrogen-bond donors (Lipinski definition) is 2. The third-order valence-electron chi connectivity index (χ3n) is 10.2. The number of carbonyl (C=O) groups is 3. The van der Waals surface area contributed by atoms with Gasteiger partial charge in [-0.3, -0.25) is 24.2 Å². The highest BCUT2D eigenvalue weighted by molar-refractivity contribution is 7.81. The highest BCUT2D eigenvalue weighted by Gasteiger charge is 2.52. The molecule has 2 aliphatic rings. The molecule has 4 aromatic carbocycles. The summed E-state index contributed by atoms with van der Waals surface area (Å²) in [4.78, 5) is 57.6. The summed E-state index contributed by atoms with van der Waals surface area (Å²) in [5.41, 5.74) is 2.18. The summed E-state index contributed by atoms with van der Waals surface area (Å²) in [5, 5.41) is 3.46. The summed E-state index contributed by atoms with van der Waals surface area (Å²) in [6.45, 7) is 21.9. The fourth-order valence-electron chi connectivity index (χ4n) is 7.22. The molecule has 0 aliphatic carbocycles. The normalized spacial score (nSPS) is 16.0. The van der Waals surface area contributed by atoms with E-state index in [-0.39, 0.29) is 27.5 Å². The topological polar surface area (TPSA) is 137 Å². The molecule has 6 aromatic rings. The van der Waals surface area contributed by atoms with E-state index in [1.165, 1.54) is 41.7 Å². The van der Waals surface area contributed by atoms with E-state index < -0.39 is 57.7 Å². The Hall–Kier alpha value is -6.79. The van der Waals surface area contributed by atoms with Gasteiger partial charge in [0.25, 0.3) is 11.8 Å². The van der Waals surface area contributed by atoms with Crippen molar-refractivity contribution in [3.8, 4) is 0 Å². The number of carbonyl (C=O) groups excluding carboxylic acids is 3. The van der Waals surface area contributed by atoms with Gasteiger partial charge in [-0.25, -0.2) is 19.7 Å². The highest BCUT2D eigenvalue weighted by atomic mass is 32.1. The van der Waals surface area contributed by atoms with Crippen molar-refractivity contribution in [2.24, 2.45) is 0 Å². The molecule has 65 heavy (non-hydrogen) atoms. The van der Waals surface area contributed by atoms with Crippen LogP contribution in [0, 0.1) is 13.1 Å². The molecule has 4 heterocycles. The Kier molecular flexibility index (Phi) is 11.6. The number of nitrogens with zero attached hydrogens (tertiary/aromatic N) is 8. The van der Waals surface area contributed by atoms with E-state index in [0.29, 0.717) is 32.7 Å². The van der Waals surface area contributed by atoms with Crippen LogP contribution in [0.3, 0.4) is 0 Å². The SMILES string of the molecule is [C-]#[N+]c1ccc(N2C(=O)C(C)(C)N(c3ccc4sc(N)nc4c3)C2=S)cc1C(F)(F)F.[C-]#[N+]c1ccc(N2C(=O)C(C)(C)N(c3ccc4sc(NC(C)=O)nc4c3)C2=S)cc1C(F)(F)F. The van der Waals surface area contributed by atoms with Crippen molar-refractivity contribution < 1.29 is 40.7 Å². The standard InChI is InChI=1S/C22H16F3N5O2S2.C20H14F3N5OS2/c1-11(31)27-19-28-16-10-13(6-8-17(16)34-19)30-20(33)29(18(32)21(30,2)3)12-5-7-15(26-4)14(9-12)22(23,24)25;1-19(2)16(29)27(10-4-6-13(25-3)12(8-10)20(21,22)23)18(30)28(19)11-5-7-15-14(9-11)26-17(24)31-15/h5-10H,1-3H3,(H,27,28,31);4-9H,1-2H3,(H2,24,26). The van der Waals surface area contributed by atoms with Crippen LogP contribution in [-0.2, 0) is 26.7 Å². The lowest BCUT2D eigenvalue weighted by Gasteiger charge is -2.29. The van der Waals surface area contributed by atoms with E-state index in [1.54, 1.807) is 73.9 Å². The number of alkyl halides is 6. The van der Waals surface area contributed by atoms with Crippen LogP contribution in [-0.4, -0.2) is 49.0 Å². The number of anilines is 6. The van der Waals surface area contributed by atoms with E-state index in [0.717, 1.165) is 43.5 Å². The Morgan fingerprint density at radius 2 is 1.08 bits per heavy atom. The van der Waals surface area contributed by atoms with E-state index in [1.807, 2.05) is 0 Å². The first-order chi connectivity index (χ1) is 30.3. The lowest BCUT2D eigenvalue weighted by Crippen LogP contribution is -2.44. The number of fused-ring (bicyclic) bond motifs is 2. The average molecular weight is 965 g/mol. The highest BCUT2D eigenvalue weighted by Crippen LogP contribution is 2.45. The van der Waals surface area contributed by atoms with Gasteiger partial charge in [-0.05, 0) is 113 Å². The van der Waals surface area contributed by atoms with Crippen molar-refractivity contribution >= 4 is 140 Å². The lowest BCUT2D eigenvalue weighted by molar-refractivity contribution is -0.137. The molecule has 23 heteroatoms. The molecular weight excluding hydrogens is 935 g/mol. The molecule has 3 amide bonds. The first-order valence-corrected chi connectivity index (χ1v) is 21.1. The van der Waals surface area contributed by atoms with Crippen molar-refractivity contribution in [2.75, 3.05) is 30.7 Å². The maximum absolute atomic E-state index is 13.5. The molecule has 0 unspecified atom stereocenters. The smallest absolute Gasteiger partial charge is 0.375 e. The number of benzene rings is 4. The molecule has 13 nitrogen and oxygen atoms in total. The van der Waals surface area contributed by atoms with E-state index in [2.05, 4.69) is 25.0 Å². The number of nitrogens with two attached hydrogens (primary N) is 1. The van der Waals surface area contributed by atoms with Gasteiger partial charge in [0.05, 0.1) is 44.7 Å². The van der Waals surface area contributed by atoms with Gasteiger partial charge < -0.3 is 20.9 Å². The minimum atomic E-state index is -4.77. The van der Waals surface area contributed by atoms with Gasteiger partial charge in [0.1, 0.15) is 11.1 Å². The first kappa shape index (κ1) is 46.2. The van der Waals surface area contributed by atoms with Crippen LogP contribution < -0.4 is 30.7 Å². The van der Waals surface area contributed by atoms with Gasteiger partial charge in [-0.15, -0.1) is 0 Å². The third-order valence-corrected chi connectivity index (χ3v) is 12.8. The van der Waals surface area contributed by atoms with E-state index in [9.17, 15) is 40.7 Å². The predicted molar refractivity (Wildman–Crippen MR) is 247 cm³/mol. The number of aromatic nitrogens is 2. The zero-order chi connectivity index (χ0) is 47.7. The van der Waals surface area contributed by atoms with E-state index in [4.69, 9.17) is 43.3 Å². The summed E-state index contributed by atoms with van der Waals surface area (Å²) >= 11 is 13.7. The van der Waals surface area contributed by atoms with Crippen molar-refractivity contribution in [3.05, 3.63) is 107 Å². The van der Waals surface area contributed by atoms with Crippen LogP contribution in [0.5, 0.6) is 0 Å². The molecule has 332 valence electrons. The Bertz CT molecular complexity index is 3110.